The van der Waals surface area contributed by atoms with Gasteiger partial charge in [0.05, 0.1) is 11.4 Å². The monoisotopic (exact) mass is 385 g/mol. The van der Waals surface area contributed by atoms with Gasteiger partial charge in [0.1, 0.15) is 0 Å². The molecule has 2 aromatic carbocycles. The van der Waals surface area contributed by atoms with Gasteiger partial charge in [0.2, 0.25) is 0 Å². The van der Waals surface area contributed by atoms with Crippen molar-refractivity contribution in [3.05, 3.63) is 96.2 Å². The van der Waals surface area contributed by atoms with Crippen LogP contribution in [0.3, 0.4) is 0 Å². The second kappa shape index (κ2) is 8.00. The lowest BCUT2D eigenvalue weighted by molar-refractivity contribution is 0.202. The third-order valence-corrected chi connectivity index (χ3v) is 5.73. The van der Waals surface area contributed by atoms with Crippen LogP contribution in [0.4, 0.5) is 16.2 Å². The fraction of sp³-hybridized carbons (Fsp3) is 0.240. The molecule has 2 aliphatic rings. The van der Waals surface area contributed by atoms with Gasteiger partial charge in [0, 0.05) is 38.3 Å². The van der Waals surface area contributed by atoms with Crippen molar-refractivity contribution >= 4 is 17.4 Å². The molecule has 4 heteroatoms. The molecule has 0 aromatic heterocycles. The molecular weight excluding hydrogens is 358 g/mol. The Morgan fingerprint density at radius 2 is 1.72 bits per heavy atom. The molecule has 2 aliphatic heterocycles. The summed E-state index contributed by atoms with van der Waals surface area (Å²) in [5, 5.41) is 0. The zero-order valence-corrected chi connectivity index (χ0v) is 17.0. The van der Waals surface area contributed by atoms with Gasteiger partial charge in [-0.1, -0.05) is 49.6 Å². The zero-order valence-electron chi connectivity index (χ0n) is 17.0. The Morgan fingerprint density at radius 3 is 2.41 bits per heavy atom. The molecule has 2 heterocycles. The first-order chi connectivity index (χ1) is 14.1. The lowest BCUT2D eigenvalue weighted by Crippen LogP contribution is -2.53. The van der Waals surface area contributed by atoms with E-state index in [0.29, 0.717) is 13.1 Å². The summed E-state index contributed by atoms with van der Waals surface area (Å²) < 4.78 is 0. The van der Waals surface area contributed by atoms with E-state index in [-0.39, 0.29) is 6.03 Å². The first-order valence-electron chi connectivity index (χ1n) is 10.1. The first kappa shape index (κ1) is 19.1. The van der Waals surface area contributed by atoms with Gasteiger partial charge >= 0.3 is 6.03 Å². The van der Waals surface area contributed by atoms with E-state index in [2.05, 4.69) is 55.3 Å². The highest BCUT2D eigenvalue weighted by Crippen LogP contribution is 2.35. The largest absolute Gasteiger partial charge is 0.368 e. The van der Waals surface area contributed by atoms with Gasteiger partial charge in [0.25, 0.3) is 0 Å². The maximum absolute atomic E-state index is 13.6. The number of carbonyl (C=O) groups excluding carboxylic acids is 1. The zero-order chi connectivity index (χ0) is 20.4. The van der Waals surface area contributed by atoms with Crippen molar-refractivity contribution in [2.24, 2.45) is 0 Å². The van der Waals surface area contributed by atoms with Crippen LogP contribution in [0.25, 0.3) is 0 Å². The standard InChI is InChI=1S/C25H27N3O/c1-4-20-18-21-10-6-7-12-24(21)28(23(20)5-2)25(29)27-15-13-26(14-16-27)22-11-8-9-19(3)17-22/h4-12,17H,1-2,13-16,18H2,3H3. The summed E-state index contributed by atoms with van der Waals surface area (Å²) in [6.07, 6.45) is 4.38. The van der Waals surface area contributed by atoms with Gasteiger partial charge < -0.3 is 9.80 Å². The highest BCUT2D eigenvalue weighted by molar-refractivity contribution is 5.98. The summed E-state index contributed by atoms with van der Waals surface area (Å²) >= 11 is 0. The number of aryl methyl sites for hydroxylation is 1. The number of rotatable bonds is 3. The highest BCUT2D eigenvalue weighted by Gasteiger charge is 2.32. The van der Waals surface area contributed by atoms with Crippen molar-refractivity contribution in [3.63, 3.8) is 0 Å². The van der Waals surface area contributed by atoms with Crippen LogP contribution < -0.4 is 9.80 Å². The Labute approximate surface area is 173 Å². The Kier molecular flexibility index (Phi) is 5.26. The minimum atomic E-state index is 0.00953. The Morgan fingerprint density at radius 1 is 0.966 bits per heavy atom. The molecule has 29 heavy (non-hydrogen) atoms. The summed E-state index contributed by atoms with van der Waals surface area (Å²) in [6.45, 7) is 13.1. The molecule has 1 fully saturated rings. The topological polar surface area (TPSA) is 26.8 Å². The number of para-hydroxylation sites is 1. The maximum Gasteiger partial charge on any atom is 0.329 e. The van der Waals surface area contributed by atoms with Gasteiger partial charge in [-0.3, -0.25) is 4.90 Å². The van der Waals surface area contributed by atoms with Crippen LogP contribution >= 0.6 is 0 Å². The number of fused-ring (bicyclic) bond motifs is 1. The average Bonchev–Trinajstić information content (AvgIpc) is 2.77. The Hall–Kier alpha value is -3.27. The number of hydrogen-bond acceptors (Lipinski definition) is 2. The number of nitrogens with zero attached hydrogens (tertiary/aromatic N) is 3. The van der Waals surface area contributed by atoms with Gasteiger partial charge in [-0.05, 0) is 47.9 Å². The fourth-order valence-electron chi connectivity index (χ4n) is 4.17. The number of carbonyl (C=O) groups is 1. The van der Waals surface area contributed by atoms with E-state index < -0.39 is 0 Å². The summed E-state index contributed by atoms with van der Waals surface area (Å²) in [5.74, 6) is 0. The summed E-state index contributed by atoms with van der Waals surface area (Å²) in [7, 11) is 0. The van der Waals surface area contributed by atoms with Crippen LogP contribution in [0.5, 0.6) is 0 Å². The second-order valence-corrected chi connectivity index (χ2v) is 7.56. The molecule has 4 nitrogen and oxygen atoms in total. The van der Waals surface area contributed by atoms with Gasteiger partial charge in [-0.2, -0.15) is 0 Å². The van der Waals surface area contributed by atoms with Crippen LogP contribution in [0, 0.1) is 6.92 Å². The van der Waals surface area contributed by atoms with Crippen molar-refractivity contribution < 1.29 is 4.79 Å². The van der Waals surface area contributed by atoms with Gasteiger partial charge in [0.15, 0.2) is 0 Å². The predicted octanol–water partition coefficient (Wildman–Crippen LogP) is 4.93. The second-order valence-electron chi connectivity index (χ2n) is 7.56. The molecule has 2 aromatic rings. The van der Waals surface area contributed by atoms with E-state index >= 15 is 0 Å². The third-order valence-electron chi connectivity index (χ3n) is 5.73. The minimum Gasteiger partial charge on any atom is -0.368 e. The van der Waals surface area contributed by atoms with Crippen LogP contribution in [0.15, 0.2) is 85.1 Å². The number of urea groups is 1. The molecule has 0 saturated carbocycles. The van der Waals surface area contributed by atoms with E-state index in [1.807, 2.05) is 34.1 Å². The fourth-order valence-corrected chi connectivity index (χ4v) is 4.17. The van der Waals surface area contributed by atoms with Crippen molar-refractivity contribution in [3.8, 4) is 0 Å². The van der Waals surface area contributed by atoms with Crippen molar-refractivity contribution in [1.29, 1.82) is 0 Å². The molecular formula is C25H27N3O. The molecule has 0 N–H and O–H groups in total. The lowest BCUT2D eigenvalue weighted by Gasteiger charge is -2.40. The number of anilines is 2. The molecule has 0 aliphatic carbocycles. The van der Waals surface area contributed by atoms with E-state index in [0.717, 1.165) is 42.0 Å². The van der Waals surface area contributed by atoms with Gasteiger partial charge in [-0.25, -0.2) is 4.79 Å². The molecule has 2 amide bonds. The Bertz CT molecular complexity index is 983. The molecule has 4 rings (SSSR count). The third kappa shape index (κ3) is 3.58. The number of piperazine rings is 1. The van der Waals surface area contributed by atoms with Crippen LogP contribution in [-0.4, -0.2) is 37.1 Å². The van der Waals surface area contributed by atoms with E-state index in [4.69, 9.17) is 0 Å². The van der Waals surface area contributed by atoms with Crippen molar-refractivity contribution in [1.82, 2.24) is 4.90 Å². The Balaban J connectivity index is 1.57. The smallest absolute Gasteiger partial charge is 0.329 e. The molecule has 0 radical (unpaired) electrons. The van der Waals surface area contributed by atoms with Crippen LogP contribution in [0.1, 0.15) is 11.1 Å². The first-order valence-corrected chi connectivity index (χ1v) is 10.1. The summed E-state index contributed by atoms with van der Waals surface area (Å²) in [4.78, 5) is 19.7. The number of amides is 2. The summed E-state index contributed by atoms with van der Waals surface area (Å²) in [5.41, 5.74) is 6.43. The lowest BCUT2D eigenvalue weighted by atomic mass is 9.95. The molecule has 0 unspecified atom stereocenters. The maximum atomic E-state index is 13.6. The summed E-state index contributed by atoms with van der Waals surface area (Å²) in [6, 6.07) is 16.6. The SMILES string of the molecule is C=CC1=C(C=C)N(C(=O)N2CCN(c3cccc(C)c3)CC2)c2ccccc2C1. The van der Waals surface area contributed by atoms with Gasteiger partial charge in [-0.15, -0.1) is 0 Å². The highest BCUT2D eigenvalue weighted by atomic mass is 16.2. The number of hydrogen-bond donors (Lipinski definition) is 0. The molecule has 148 valence electrons. The van der Waals surface area contributed by atoms with E-state index in [9.17, 15) is 4.79 Å². The molecule has 0 spiro atoms. The average molecular weight is 386 g/mol. The molecule has 1 saturated heterocycles. The van der Waals surface area contributed by atoms with Crippen LogP contribution in [-0.2, 0) is 6.42 Å². The predicted molar refractivity (Wildman–Crippen MR) is 120 cm³/mol. The number of allylic oxidation sites excluding steroid dienone is 3. The number of benzene rings is 2. The molecule has 0 bridgehead atoms. The quantitative estimate of drug-likeness (QED) is 0.749. The van der Waals surface area contributed by atoms with Crippen molar-refractivity contribution in [2.45, 2.75) is 13.3 Å². The minimum absolute atomic E-state index is 0.00953. The normalized spacial score (nSPS) is 16.5. The van der Waals surface area contributed by atoms with Crippen LogP contribution in [0.2, 0.25) is 0 Å². The molecule has 0 atom stereocenters. The van der Waals surface area contributed by atoms with E-state index in [1.165, 1.54) is 11.3 Å². The van der Waals surface area contributed by atoms with E-state index in [1.54, 1.807) is 6.08 Å². The van der Waals surface area contributed by atoms with Crippen molar-refractivity contribution in [2.75, 3.05) is 36.0 Å².